The number of carbonyl (C=O) groups excluding carboxylic acids is 1. The van der Waals surface area contributed by atoms with Gasteiger partial charge in [0.2, 0.25) is 5.91 Å². The van der Waals surface area contributed by atoms with Crippen molar-refractivity contribution in [3.05, 3.63) is 28.9 Å². The van der Waals surface area contributed by atoms with E-state index in [0.717, 1.165) is 40.8 Å². The number of carbonyl (C=O) groups is 1. The fraction of sp³-hybridized carbons (Fsp3) is 0.571. The van der Waals surface area contributed by atoms with Gasteiger partial charge in [0, 0.05) is 34.9 Å². The quantitative estimate of drug-likeness (QED) is 0.664. The molecule has 26 heavy (non-hydrogen) atoms. The molecule has 1 aromatic carbocycles. The van der Waals surface area contributed by atoms with Crippen molar-refractivity contribution in [2.45, 2.75) is 51.5 Å². The highest BCUT2D eigenvalue weighted by Crippen LogP contribution is 2.34. The van der Waals surface area contributed by atoms with E-state index in [9.17, 15) is 4.79 Å². The van der Waals surface area contributed by atoms with Crippen molar-refractivity contribution < 1.29 is 9.53 Å². The van der Waals surface area contributed by atoms with E-state index in [2.05, 4.69) is 44.1 Å². The first-order valence-electron chi connectivity index (χ1n) is 9.85. The smallest absolute Gasteiger partial charge is 0.224 e. The fourth-order valence-electron chi connectivity index (χ4n) is 4.25. The largest absolute Gasteiger partial charge is 0.381 e. The topological polar surface area (TPSA) is 43.3 Å². The Morgan fingerprint density at radius 2 is 1.92 bits per heavy atom. The van der Waals surface area contributed by atoms with Crippen LogP contribution < -0.4 is 5.32 Å². The molecule has 2 fully saturated rings. The number of rotatable bonds is 5. The summed E-state index contributed by atoms with van der Waals surface area (Å²) < 4.78 is 8.61. The maximum atomic E-state index is 12.7. The van der Waals surface area contributed by atoms with Crippen molar-refractivity contribution in [3.8, 4) is 0 Å². The van der Waals surface area contributed by atoms with E-state index in [4.69, 9.17) is 4.74 Å². The number of benzene rings is 1. The lowest BCUT2D eigenvalue weighted by Gasteiger charge is -2.26. The van der Waals surface area contributed by atoms with Crippen molar-refractivity contribution in [3.63, 3.8) is 0 Å². The standard InChI is InChI=1S/C21H27BrN2O2/c22-17-8-5-9-19-21(17)18(12-24(19)11-16-13-26-14-16)23-20(25)10-15-6-3-1-2-4-7-15/h5,8-9,12,15-16H,1-4,6-7,10-11,13-14H2,(H,23,25). The molecule has 1 saturated heterocycles. The van der Waals surface area contributed by atoms with E-state index in [1.165, 1.54) is 38.5 Å². The van der Waals surface area contributed by atoms with Crippen LogP contribution in [0.2, 0.25) is 0 Å². The Balaban J connectivity index is 1.52. The second kappa shape index (κ2) is 8.13. The van der Waals surface area contributed by atoms with Crippen LogP contribution in [0.3, 0.4) is 0 Å². The molecule has 1 amide bonds. The van der Waals surface area contributed by atoms with Gasteiger partial charge in [0.25, 0.3) is 0 Å². The highest BCUT2D eigenvalue weighted by molar-refractivity contribution is 9.10. The number of halogens is 1. The van der Waals surface area contributed by atoms with Crippen LogP contribution in [-0.2, 0) is 16.1 Å². The van der Waals surface area contributed by atoms with Gasteiger partial charge in [0.05, 0.1) is 24.4 Å². The molecule has 0 atom stereocenters. The number of amides is 1. The zero-order valence-corrected chi connectivity index (χ0v) is 16.8. The van der Waals surface area contributed by atoms with Crippen LogP contribution in [0.25, 0.3) is 10.9 Å². The molecule has 1 aromatic heterocycles. The molecule has 0 radical (unpaired) electrons. The van der Waals surface area contributed by atoms with Gasteiger partial charge in [0.1, 0.15) is 0 Å². The SMILES string of the molecule is O=C(CC1CCCCCC1)Nc1cn(CC2COC2)c2cccc(Br)c12. The average molecular weight is 419 g/mol. The Bertz CT molecular complexity index is 774. The molecule has 4 nitrogen and oxygen atoms in total. The lowest BCUT2D eigenvalue weighted by Crippen LogP contribution is -2.31. The number of aromatic nitrogens is 1. The van der Waals surface area contributed by atoms with E-state index in [0.29, 0.717) is 18.3 Å². The molecule has 4 rings (SSSR count). The maximum absolute atomic E-state index is 12.7. The summed E-state index contributed by atoms with van der Waals surface area (Å²) in [5.41, 5.74) is 2.09. The first-order valence-corrected chi connectivity index (χ1v) is 10.6. The number of anilines is 1. The van der Waals surface area contributed by atoms with Gasteiger partial charge in [-0.3, -0.25) is 4.79 Å². The summed E-state index contributed by atoms with van der Waals surface area (Å²) in [6.45, 7) is 2.60. The van der Waals surface area contributed by atoms with Gasteiger partial charge < -0.3 is 14.6 Å². The van der Waals surface area contributed by atoms with Crippen molar-refractivity contribution in [2.75, 3.05) is 18.5 Å². The first kappa shape index (κ1) is 18.1. The molecule has 2 aliphatic rings. The molecule has 0 bridgehead atoms. The van der Waals surface area contributed by atoms with Crippen molar-refractivity contribution in [1.29, 1.82) is 0 Å². The zero-order chi connectivity index (χ0) is 17.9. The second-order valence-electron chi connectivity index (χ2n) is 7.84. The second-order valence-corrected chi connectivity index (χ2v) is 8.70. The third-order valence-corrected chi connectivity index (χ3v) is 6.40. The normalized spacial score (nSPS) is 19.3. The van der Waals surface area contributed by atoms with E-state index in [1.54, 1.807) is 0 Å². The average Bonchev–Trinajstić information content (AvgIpc) is 2.75. The van der Waals surface area contributed by atoms with E-state index in [1.807, 2.05) is 6.07 Å². The molecule has 2 heterocycles. The zero-order valence-electron chi connectivity index (χ0n) is 15.2. The lowest BCUT2D eigenvalue weighted by molar-refractivity contribution is -0.117. The Kier molecular flexibility index (Phi) is 5.65. The Hall–Kier alpha value is -1.33. The van der Waals surface area contributed by atoms with Gasteiger partial charge in [-0.05, 0) is 30.9 Å². The Labute approximate surface area is 163 Å². The van der Waals surface area contributed by atoms with Crippen LogP contribution in [-0.4, -0.2) is 23.7 Å². The minimum Gasteiger partial charge on any atom is -0.381 e. The summed E-state index contributed by atoms with van der Waals surface area (Å²) in [7, 11) is 0. The summed E-state index contributed by atoms with van der Waals surface area (Å²) >= 11 is 3.67. The molecule has 0 spiro atoms. The number of hydrogen-bond acceptors (Lipinski definition) is 2. The van der Waals surface area contributed by atoms with Crippen LogP contribution in [0.5, 0.6) is 0 Å². The van der Waals surface area contributed by atoms with Gasteiger partial charge in [-0.15, -0.1) is 0 Å². The van der Waals surface area contributed by atoms with Crippen LogP contribution in [0.1, 0.15) is 44.9 Å². The third-order valence-electron chi connectivity index (χ3n) is 5.74. The molecular weight excluding hydrogens is 392 g/mol. The highest BCUT2D eigenvalue weighted by Gasteiger charge is 2.22. The van der Waals surface area contributed by atoms with E-state index >= 15 is 0 Å². The number of hydrogen-bond donors (Lipinski definition) is 1. The predicted molar refractivity (Wildman–Crippen MR) is 108 cm³/mol. The highest BCUT2D eigenvalue weighted by atomic mass is 79.9. The predicted octanol–water partition coefficient (Wildman–Crippen LogP) is 5.35. The molecule has 2 aromatic rings. The maximum Gasteiger partial charge on any atom is 0.224 e. The van der Waals surface area contributed by atoms with Crippen LogP contribution in [0.15, 0.2) is 28.9 Å². The van der Waals surface area contributed by atoms with E-state index in [-0.39, 0.29) is 5.91 Å². The Morgan fingerprint density at radius 1 is 1.15 bits per heavy atom. The molecule has 1 aliphatic heterocycles. The van der Waals surface area contributed by atoms with Crippen molar-refractivity contribution >= 4 is 38.4 Å². The molecule has 5 heteroatoms. The fourth-order valence-corrected chi connectivity index (χ4v) is 4.82. The minimum atomic E-state index is 0.152. The van der Waals surface area contributed by atoms with Gasteiger partial charge >= 0.3 is 0 Å². The first-order chi connectivity index (χ1) is 12.7. The number of fused-ring (bicyclic) bond motifs is 1. The molecular formula is C21H27BrN2O2. The van der Waals surface area contributed by atoms with Crippen molar-refractivity contribution in [2.24, 2.45) is 11.8 Å². The summed E-state index contributed by atoms with van der Waals surface area (Å²) in [5.74, 6) is 1.26. The molecule has 140 valence electrons. The summed E-state index contributed by atoms with van der Waals surface area (Å²) in [6, 6.07) is 6.22. The van der Waals surface area contributed by atoms with Crippen LogP contribution in [0, 0.1) is 11.8 Å². The summed E-state index contributed by atoms with van der Waals surface area (Å²) in [6.07, 6.45) is 10.3. The molecule has 0 unspecified atom stereocenters. The monoisotopic (exact) mass is 418 g/mol. The van der Waals surface area contributed by atoms with Crippen LogP contribution in [0.4, 0.5) is 5.69 Å². The van der Waals surface area contributed by atoms with Crippen LogP contribution >= 0.6 is 15.9 Å². The lowest BCUT2D eigenvalue weighted by atomic mass is 9.96. The van der Waals surface area contributed by atoms with Gasteiger partial charge in [0.15, 0.2) is 0 Å². The third kappa shape index (κ3) is 3.99. The molecule has 1 saturated carbocycles. The van der Waals surface area contributed by atoms with Crippen molar-refractivity contribution in [1.82, 2.24) is 4.57 Å². The number of nitrogens with one attached hydrogen (secondary N) is 1. The van der Waals surface area contributed by atoms with E-state index < -0.39 is 0 Å². The number of ether oxygens (including phenoxy) is 1. The summed E-state index contributed by atoms with van der Waals surface area (Å²) in [5, 5.41) is 4.30. The molecule has 1 aliphatic carbocycles. The Morgan fingerprint density at radius 3 is 2.62 bits per heavy atom. The van der Waals surface area contributed by atoms with Gasteiger partial charge in [-0.2, -0.15) is 0 Å². The molecule has 1 N–H and O–H groups in total. The van der Waals surface area contributed by atoms with Gasteiger partial charge in [-0.1, -0.05) is 47.7 Å². The summed E-state index contributed by atoms with van der Waals surface area (Å²) in [4.78, 5) is 12.7. The minimum absolute atomic E-state index is 0.152. The number of nitrogens with zero attached hydrogens (tertiary/aromatic N) is 1. The van der Waals surface area contributed by atoms with Gasteiger partial charge in [-0.25, -0.2) is 0 Å².